The normalized spacial score (nSPS) is 10.9. The molecule has 19 heavy (non-hydrogen) atoms. The Hall–Kier alpha value is -1.62. The summed E-state index contributed by atoms with van der Waals surface area (Å²) in [6.07, 6.45) is 2.58. The van der Waals surface area contributed by atoms with Crippen molar-refractivity contribution < 1.29 is 9.21 Å². The minimum Gasteiger partial charge on any atom is -0.462 e. The highest BCUT2D eigenvalue weighted by Crippen LogP contribution is 2.27. The number of thiazole rings is 1. The smallest absolute Gasteiger partial charge is 0.271 e. The average molecular weight is 278 g/mol. The summed E-state index contributed by atoms with van der Waals surface area (Å²) in [7, 11) is 0. The highest BCUT2D eigenvalue weighted by Gasteiger charge is 2.17. The van der Waals surface area contributed by atoms with Gasteiger partial charge in [-0.25, -0.2) is 4.98 Å². The number of rotatable bonds is 5. The number of carbonyl (C=O) groups is 1. The molecule has 2 heterocycles. The number of hydrogen-bond acceptors (Lipinski definition) is 4. The predicted octanol–water partition coefficient (Wildman–Crippen LogP) is 3.49. The topological polar surface area (TPSA) is 55.1 Å². The number of aromatic nitrogens is 1. The summed E-state index contributed by atoms with van der Waals surface area (Å²) in [5, 5.41) is 3.65. The van der Waals surface area contributed by atoms with E-state index in [2.05, 4.69) is 24.1 Å². The standard InChI is InChI=1S/C14H18N2O2S/c1-9(2)6-7-15-13(17)12-10(3)19-14(16-12)11-5-4-8-18-11/h4-5,8-9H,6-7H2,1-3H3,(H,15,17). The van der Waals surface area contributed by atoms with E-state index in [1.165, 1.54) is 11.3 Å². The molecule has 0 bridgehead atoms. The summed E-state index contributed by atoms with van der Waals surface area (Å²) in [4.78, 5) is 17.3. The molecule has 0 fully saturated rings. The van der Waals surface area contributed by atoms with Crippen molar-refractivity contribution in [1.82, 2.24) is 10.3 Å². The van der Waals surface area contributed by atoms with Crippen molar-refractivity contribution in [3.05, 3.63) is 29.0 Å². The van der Waals surface area contributed by atoms with Crippen molar-refractivity contribution in [3.8, 4) is 10.8 Å². The molecule has 0 radical (unpaired) electrons. The van der Waals surface area contributed by atoms with Crippen LogP contribution < -0.4 is 5.32 Å². The summed E-state index contributed by atoms with van der Waals surface area (Å²) in [5.74, 6) is 1.18. The zero-order valence-corrected chi connectivity index (χ0v) is 12.2. The Balaban J connectivity index is 2.06. The van der Waals surface area contributed by atoms with Gasteiger partial charge in [0.15, 0.2) is 10.8 Å². The van der Waals surface area contributed by atoms with Gasteiger partial charge in [0.1, 0.15) is 5.69 Å². The van der Waals surface area contributed by atoms with Crippen molar-refractivity contribution in [2.75, 3.05) is 6.54 Å². The van der Waals surface area contributed by atoms with Crippen LogP contribution in [0, 0.1) is 12.8 Å². The van der Waals surface area contributed by atoms with Crippen LogP contribution in [0.15, 0.2) is 22.8 Å². The Morgan fingerprint density at radius 1 is 1.53 bits per heavy atom. The monoisotopic (exact) mass is 278 g/mol. The first-order valence-electron chi connectivity index (χ1n) is 6.37. The fourth-order valence-corrected chi connectivity index (χ4v) is 2.55. The molecular formula is C14H18N2O2S. The molecule has 0 aliphatic rings. The summed E-state index contributed by atoms with van der Waals surface area (Å²) < 4.78 is 5.30. The second-order valence-corrected chi connectivity index (χ2v) is 6.04. The molecule has 2 rings (SSSR count). The van der Waals surface area contributed by atoms with Crippen molar-refractivity contribution in [2.45, 2.75) is 27.2 Å². The number of nitrogens with zero attached hydrogens (tertiary/aromatic N) is 1. The molecule has 0 unspecified atom stereocenters. The van der Waals surface area contributed by atoms with Crippen LogP contribution in [0.2, 0.25) is 0 Å². The van der Waals surface area contributed by atoms with Crippen LogP contribution >= 0.6 is 11.3 Å². The largest absolute Gasteiger partial charge is 0.462 e. The highest BCUT2D eigenvalue weighted by atomic mass is 32.1. The molecule has 0 aromatic carbocycles. The van der Waals surface area contributed by atoms with E-state index in [1.54, 1.807) is 6.26 Å². The van der Waals surface area contributed by atoms with E-state index in [0.717, 1.165) is 16.3 Å². The average Bonchev–Trinajstić information content (AvgIpc) is 2.96. The number of aryl methyl sites for hydroxylation is 1. The molecule has 2 aromatic heterocycles. The third-order valence-electron chi connectivity index (χ3n) is 2.75. The molecule has 4 nitrogen and oxygen atoms in total. The number of nitrogens with one attached hydrogen (secondary N) is 1. The van der Waals surface area contributed by atoms with Crippen LogP contribution in [-0.2, 0) is 0 Å². The Morgan fingerprint density at radius 3 is 2.95 bits per heavy atom. The third kappa shape index (κ3) is 3.44. The molecule has 2 aromatic rings. The lowest BCUT2D eigenvalue weighted by atomic mass is 10.1. The summed E-state index contributed by atoms with van der Waals surface area (Å²) >= 11 is 1.47. The number of furan rings is 1. The molecule has 102 valence electrons. The van der Waals surface area contributed by atoms with Gasteiger partial charge in [0.2, 0.25) is 0 Å². The first-order valence-corrected chi connectivity index (χ1v) is 7.19. The molecule has 1 N–H and O–H groups in total. The van der Waals surface area contributed by atoms with E-state index in [9.17, 15) is 4.79 Å². The van der Waals surface area contributed by atoms with Crippen LogP contribution in [0.3, 0.4) is 0 Å². The number of carbonyl (C=O) groups excluding carboxylic acids is 1. The van der Waals surface area contributed by atoms with Gasteiger partial charge in [0.05, 0.1) is 6.26 Å². The number of hydrogen-bond donors (Lipinski definition) is 1. The Kier molecular flexibility index (Phi) is 4.37. The first kappa shape index (κ1) is 13.8. The first-order chi connectivity index (χ1) is 9.08. The molecule has 0 spiro atoms. The SMILES string of the molecule is Cc1sc(-c2ccco2)nc1C(=O)NCCC(C)C. The molecule has 0 atom stereocenters. The molecule has 1 amide bonds. The molecule has 0 aliphatic heterocycles. The van der Waals surface area contributed by atoms with E-state index in [1.807, 2.05) is 19.1 Å². The van der Waals surface area contributed by atoms with Crippen molar-refractivity contribution in [3.63, 3.8) is 0 Å². The highest BCUT2D eigenvalue weighted by molar-refractivity contribution is 7.15. The Bertz CT molecular complexity index is 544. The van der Waals surface area contributed by atoms with Crippen molar-refractivity contribution in [2.24, 2.45) is 5.92 Å². The zero-order valence-electron chi connectivity index (χ0n) is 11.4. The second-order valence-electron chi connectivity index (χ2n) is 4.84. The van der Waals surface area contributed by atoms with E-state index in [0.29, 0.717) is 23.9 Å². The third-order valence-corrected chi connectivity index (χ3v) is 3.74. The van der Waals surface area contributed by atoms with Crippen LogP contribution in [0.25, 0.3) is 10.8 Å². The lowest BCUT2D eigenvalue weighted by molar-refractivity contribution is 0.0947. The van der Waals surface area contributed by atoms with Gasteiger partial charge in [-0.05, 0) is 31.4 Å². The maximum absolute atomic E-state index is 12.0. The van der Waals surface area contributed by atoms with Crippen LogP contribution in [0.4, 0.5) is 0 Å². The Labute approximate surface area is 116 Å². The van der Waals surface area contributed by atoms with Crippen LogP contribution in [0.5, 0.6) is 0 Å². The predicted molar refractivity (Wildman–Crippen MR) is 76.3 cm³/mol. The lowest BCUT2D eigenvalue weighted by Crippen LogP contribution is -2.26. The van der Waals surface area contributed by atoms with E-state index < -0.39 is 0 Å². The summed E-state index contributed by atoms with van der Waals surface area (Å²) in [5.41, 5.74) is 0.500. The molecule has 0 aliphatic carbocycles. The van der Waals surface area contributed by atoms with Gasteiger partial charge in [-0.2, -0.15) is 0 Å². The quantitative estimate of drug-likeness (QED) is 0.911. The van der Waals surface area contributed by atoms with Gasteiger partial charge in [-0.3, -0.25) is 4.79 Å². The Morgan fingerprint density at radius 2 is 2.32 bits per heavy atom. The fourth-order valence-electron chi connectivity index (χ4n) is 1.67. The second kappa shape index (κ2) is 6.02. The molecule has 0 saturated carbocycles. The fraction of sp³-hybridized carbons (Fsp3) is 0.429. The molecule has 5 heteroatoms. The summed E-state index contributed by atoms with van der Waals surface area (Å²) in [6, 6.07) is 3.66. The van der Waals surface area contributed by atoms with Gasteiger partial charge >= 0.3 is 0 Å². The van der Waals surface area contributed by atoms with Gasteiger partial charge in [0.25, 0.3) is 5.91 Å². The van der Waals surface area contributed by atoms with E-state index >= 15 is 0 Å². The minimum absolute atomic E-state index is 0.104. The van der Waals surface area contributed by atoms with Crippen LogP contribution in [-0.4, -0.2) is 17.4 Å². The minimum atomic E-state index is -0.104. The van der Waals surface area contributed by atoms with E-state index in [-0.39, 0.29) is 5.91 Å². The lowest BCUT2D eigenvalue weighted by Gasteiger charge is -2.05. The van der Waals surface area contributed by atoms with Gasteiger partial charge in [-0.15, -0.1) is 11.3 Å². The van der Waals surface area contributed by atoms with Gasteiger partial charge in [-0.1, -0.05) is 13.8 Å². The molecular weight excluding hydrogens is 260 g/mol. The molecule has 0 saturated heterocycles. The van der Waals surface area contributed by atoms with Crippen molar-refractivity contribution >= 4 is 17.2 Å². The summed E-state index contributed by atoms with van der Waals surface area (Å²) in [6.45, 7) is 6.86. The maximum Gasteiger partial charge on any atom is 0.271 e. The van der Waals surface area contributed by atoms with Gasteiger partial charge < -0.3 is 9.73 Å². The number of amides is 1. The van der Waals surface area contributed by atoms with Crippen molar-refractivity contribution in [1.29, 1.82) is 0 Å². The van der Waals surface area contributed by atoms with Gasteiger partial charge in [0, 0.05) is 11.4 Å². The van der Waals surface area contributed by atoms with Crippen LogP contribution in [0.1, 0.15) is 35.6 Å². The zero-order chi connectivity index (χ0) is 13.8. The maximum atomic E-state index is 12.0. The van der Waals surface area contributed by atoms with E-state index in [4.69, 9.17) is 4.42 Å².